The van der Waals surface area contributed by atoms with Crippen LogP contribution >= 0.6 is 11.6 Å². The number of rotatable bonds is 4. The van der Waals surface area contributed by atoms with Gasteiger partial charge in [-0.1, -0.05) is 0 Å². The molecule has 0 saturated carbocycles. The van der Waals surface area contributed by atoms with Gasteiger partial charge in [0.05, 0.1) is 22.5 Å². The molecule has 0 N–H and O–H groups in total. The molecule has 0 aliphatic heterocycles. The van der Waals surface area contributed by atoms with Crippen LogP contribution in [0.4, 0.5) is 13.2 Å². The van der Waals surface area contributed by atoms with Crippen molar-refractivity contribution in [2.75, 3.05) is 12.0 Å². The lowest BCUT2D eigenvalue weighted by atomic mass is 10.2. The van der Waals surface area contributed by atoms with E-state index in [1.54, 1.807) is 10.8 Å². The van der Waals surface area contributed by atoms with Crippen LogP contribution in [-0.2, 0) is 29.4 Å². The summed E-state index contributed by atoms with van der Waals surface area (Å²) in [6.07, 6.45) is -2.83. The molecular formula is C12H12ClF3N2OS. The highest BCUT2D eigenvalue weighted by molar-refractivity contribution is 7.84. The first-order chi connectivity index (χ1) is 9.32. The summed E-state index contributed by atoms with van der Waals surface area (Å²) in [5.74, 6) is 0.967. The van der Waals surface area contributed by atoms with Gasteiger partial charge in [0.15, 0.2) is 0 Å². The van der Waals surface area contributed by atoms with E-state index in [2.05, 4.69) is 4.98 Å². The van der Waals surface area contributed by atoms with Crippen LogP contribution in [0, 0.1) is 0 Å². The van der Waals surface area contributed by atoms with Crippen molar-refractivity contribution in [1.82, 2.24) is 9.55 Å². The number of hydrogen-bond acceptors (Lipinski definition) is 2. The van der Waals surface area contributed by atoms with Crippen LogP contribution < -0.4 is 0 Å². The standard InChI is InChI=1S/C12H12ClF3N2OS/c1-20(19)5-4-18-10-3-2-8(12(14,15)16)6-9(10)17-11(18)7-13/h2-3,6H,4-5,7H2,1H3. The molecule has 1 aromatic carbocycles. The van der Waals surface area contributed by atoms with Crippen molar-refractivity contribution >= 4 is 33.4 Å². The Bertz CT molecular complexity index is 654. The van der Waals surface area contributed by atoms with Crippen molar-refractivity contribution in [3.05, 3.63) is 29.6 Å². The van der Waals surface area contributed by atoms with Gasteiger partial charge in [-0.05, 0) is 18.2 Å². The molecule has 1 unspecified atom stereocenters. The minimum atomic E-state index is -4.40. The monoisotopic (exact) mass is 324 g/mol. The van der Waals surface area contributed by atoms with Gasteiger partial charge >= 0.3 is 6.18 Å². The molecule has 0 radical (unpaired) electrons. The summed E-state index contributed by atoms with van der Waals surface area (Å²) >= 11 is 5.77. The highest BCUT2D eigenvalue weighted by atomic mass is 35.5. The first-order valence-corrected chi connectivity index (χ1v) is 8.01. The summed E-state index contributed by atoms with van der Waals surface area (Å²) < 4.78 is 50.8. The van der Waals surface area contributed by atoms with Crippen molar-refractivity contribution < 1.29 is 17.4 Å². The van der Waals surface area contributed by atoms with Gasteiger partial charge in [0.2, 0.25) is 0 Å². The van der Waals surface area contributed by atoms with Gasteiger partial charge in [0.1, 0.15) is 5.82 Å². The van der Waals surface area contributed by atoms with Crippen LogP contribution in [-0.4, -0.2) is 25.8 Å². The van der Waals surface area contributed by atoms with E-state index in [1.165, 1.54) is 6.07 Å². The normalized spacial score (nSPS) is 13.8. The zero-order valence-corrected chi connectivity index (χ0v) is 12.1. The Kier molecular flexibility index (Phi) is 4.39. The first-order valence-electron chi connectivity index (χ1n) is 5.75. The quantitative estimate of drug-likeness (QED) is 0.810. The maximum Gasteiger partial charge on any atom is 0.416 e. The molecule has 0 aliphatic carbocycles. The number of hydrogen-bond donors (Lipinski definition) is 0. The zero-order valence-electron chi connectivity index (χ0n) is 10.6. The van der Waals surface area contributed by atoms with E-state index >= 15 is 0 Å². The molecule has 1 aromatic heterocycles. The molecule has 110 valence electrons. The molecule has 1 heterocycles. The Hall–Kier alpha value is -1.08. The molecule has 0 fully saturated rings. The van der Waals surface area contributed by atoms with E-state index < -0.39 is 22.5 Å². The van der Waals surface area contributed by atoms with Crippen LogP contribution in [0.5, 0.6) is 0 Å². The molecule has 0 amide bonds. The van der Waals surface area contributed by atoms with Crippen LogP contribution in [0.15, 0.2) is 18.2 Å². The number of benzene rings is 1. The Balaban J connectivity index is 2.49. The fourth-order valence-electron chi connectivity index (χ4n) is 1.93. The number of nitrogens with zero attached hydrogens (tertiary/aromatic N) is 2. The highest BCUT2D eigenvalue weighted by Crippen LogP contribution is 2.31. The van der Waals surface area contributed by atoms with Crippen molar-refractivity contribution in [2.24, 2.45) is 0 Å². The Morgan fingerprint density at radius 3 is 2.65 bits per heavy atom. The number of aromatic nitrogens is 2. The second-order valence-corrected chi connectivity index (χ2v) is 6.11. The smallest absolute Gasteiger partial charge is 0.326 e. The third-order valence-corrected chi connectivity index (χ3v) is 3.87. The highest BCUT2D eigenvalue weighted by Gasteiger charge is 2.31. The molecule has 8 heteroatoms. The molecule has 0 bridgehead atoms. The third-order valence-electron chi connectivity index (χ3n) is 2.88. The van der Waals surface area contributed by atoms with E-state index in [0.717, 1.165) is 12.1 Å². The summed E-state index contributed by atoms with van der Waals surface area (Å²) in [5.41, 5.74) is 0.0753. The largest absolute Gasteiger partial charge is 0.416 e. The predicted octanol–water partition coefficient (Wildman–Crippen LogP) is 3.17. The van der Waals surface area contributed by atoms with Crippen LogP contribution in [0.3, 0.4) is 0 Å². The van der Waals surface area contributed by atoms with E-state index in [9.17, 15) is 17.4 Å². The molecule has 2 aromatic rings. The summed E-state index contributed by atoms with van der Waals surface area (Å²) in [6.45, 7) is 0.410. The average Bonchev–Trinajstić information content (AvgIpc) is 2.71. The fraction of sp³-hybridized carbons (Fsp3) is 0.417. The van der Waals surface area contributed by atoms with E-state index in [4.69, 9.17) is 11.6 Å². The average molecular weight is 325 g/mol. The van der Waals surface area contributed by atoms with Crippen LogP contribution in [0.2, 0.25) is 0 Å². The van der Waals surface area contributed by atoms with Gasteiger partial charge in [0.25, 0.3) is 0 Å². The van der Waals surface area contributed by atoms with Crippen molar-refractivity contribution in [3.8, 4) is 0 Å². The zero-order chi connectivity index (χ0) is 14.9. The lowest BCUT2D eigenvalue weighted by Gasteiger charge is -2.08. The minimum Gasteiger partial charge on any atom is -0.326 e. The van der Waals surface area contributed by atoms with Gasteiger partial charge < -0.3 is 4.57 Å². The summed E-state index contributed by atoms with van der Waals surface area (Å²) in [5, 5.41) is 0. The van der Waals surface area contributed by atoms with Crippen molar-refractivity contribution in [2.45, 2.75) is 18.6 Å². The number of imidazole rings is 1. The van der Waals surface area contributed by atoms with Gasteiger partial charge in [0, 0.05) is 29.4 Å². The number of alkyl halides is 4. The van der Waals surface area contributed by atoms with Crippen LogP contribution in [0.1, 0.15) is 11.4 Å². The maximum absolute atomic E-state index is 12.7. The van der Waals surface area contributed by atoms with Gasteiger partial charge in [-0.2, -0.15) is 13.2 Å². The van der Waals surface area contributed by atoms with Gasteiger partial charge in [-0.15, -0.1) is 11.6 Å². The molecule has 3 nitrogen and oxygen atoms in total. The second-order valence-electron chi connectivity index (χ2n) is 4.29. The molecule has 20 heavy (non-hydrogen) atoms. The second kappa shape index (κ2) is 5.73. The van der Waals surface area contributed by atoms with Crippen molar-refractivity contribution in [1.29, 1.82) is 0 Å². The third kappa shape index (κ3) is 3.15. The molecule has 0 spiro atoms. The minimum absolute atomic E-state index is 0.0897. The number of fused-ring (bicyclic) bond motifs is 1. The lowest BCUT2D eigenvalue weighted by Crippen LogP contribution is -2.09. The summed E-state index contributed by atoms with van der Waals surface area (Å²) in [7, 11) is -0.994. The predicted molar refractivity (Wildman–Crippen MR) is 73.2 cm³/mol. The fourth-order valence-corrected chi connectivity index (χ4v) is 2.57. The molecule has 1 atom stereocenters. The summed E-state index contributed by atoms with van der Waals surface area (Å²) in [4.78, 5) is 4.12. The Labute approximate surface area is 121 Å². The van der Waals surface area contributed by atoms with E-state index in [-0.39, 0.29) is 11.4 Å². The van der Waals surface area contributed by atoms with Gasteiger partial charge in [-0.25, -0.2) is 4.98 Å². The topological polar surface area (TPSA) is 34.9 Å². The lowest BCUT2D eigenvalue weighted by molar-refractivity contribution is -0.137. The Morgan fingerprint density at radius 2 is 2.10 bits per heavy atom. The SMILES string of the molecule is CS(=O)CCn1c(CCl)nc2cc(C(F)(F)F)ccc21. The number of halogens is 4. The summed E-state index contributed by atoms with van der Waals surface area (Å²) in [6, 6.07) is 3.39. The van der Waals surface area contributed by atoms with Gasteiger partial charge in [-0.3, -0.25) is 4.21 Å². The molecule has 0 saturated heterocycles. The number of aryl methyl sites for hydroxylation is 1. The molecular weight excluding hydrogens is 313 g/mol. The molecule has 0 aliphatic rings. The van der Waals surface area contributed by atoms with E-state index in [0.29, 0.717) is 23.6 Å². The first kappa shape index (κ1) is 15.3. The molecule has 2 rings (SSSR count). The van der Waals surface area contributed by atoms with Crippen LogP contribution in [0.25, 0.3) is 11.0 Å². The van der Waals surface area contributed by atoms with E-state index in [1.807, 2.05) is 0 Å². The maximum atomic E-state index is 12.7. The Morgan fingerprint density at radius 1 is 1.40 bits per heavy atom. The van der Waals surface area contributed by atoms with Crippen molar-refractivity contribution in [3.63, 3.8) is 0 Å².